The average Bonchev–Trinajstić information content (AvgIpc) is 2.03. The maximum atomic E-state index is 10.6. The molecule has 0 saturated heterocycles. The minimum Gasteiger partial charge on any atom is -0.468 e. The van der Waals surface area contributed by atoms with Gasteiger partial charge in [0.05, 0.1) is 7.11 Å². The third-order valence-electron chi connectivity index (χ3n) is 1.45. The van der Waals surface area contributed by atoms with Gasteiger partial charge in [0.2, 0.25) is 0 Å². The molecule has 0 radical (unpaired) electrons. The number of hydrogen-bond acceptors (Lipinski definition) is 3. The molecule has 0 unspecified atom stereocenters. The van der Waals surface area contributed by atoms with E-state index < -0.39 is 0 Å². The highest BCUT2D eigenvalue weighted by atomic mass is 16.5. The van der Waals surface area contributed by atoms with Crippen molar-refractivity contribution in [3.05, 3.63) is 0 Å². The summed E-state index contributed by atoms with van der Waals surface area (Å²) in [4.78, 5) is 14.5. The van der Waals surface area contributed by atoms with Crippen LogP contribution in [0.4, 0.5) is 0 Å². The van der Waals surface area contributed by atoms with E-state index in [1.165, 1.54) is 7.11 Å². The van der Waals surface area contributed by atoms with Gasteiger partial charge in [-0.3, -0.25) is 9.79 Å². The topological polar surface area (TPSA) is 38.7 Å². The molecule has 0 aromatic heterocycles. The second-order valence-electron chi connectivity index (χ2n) is 3.07. The van der Waals surface area contributed by atoms with Crippen molar-refractivity contribution in [3.8, 4) is 0 Å². The summed E-state index contributed by atoms with van der Waals surface area (Å²) < 4.78 is 4.43. The summed E-state index contributed by atoms with van der Waals surface area (Å²) in [6.45, 7) is 4.47. The molecular formula is C9H17NO2. The average molecular weight is 171 g/mol. The van der Waals surface area contributed by atoms with Crippen LogP contribution in [0.5, 0.6) is 0 Å². The van der Waals surface area contributed by atoms with Gasteiger partial charge in [-0.25, -0.2) is 0 Å². The number of esters is 1. The van der Waals surface area contributed by atoms with Gasteiger partial charge < -0.3 is 4.74 Å². The molecule has 0 aromatic carbocycles. The van der Waals surface area contributed by atoms with Crippen LogP contribution in [-0.4, -0.2) is 25.8 Å². The van der Waals surface area contributed by atoms with Gasteiger partial charge >= 0.3 is 5.97 Å². The zero-order chi connectivity index (χ0) is 9.40. The van der Waals surface area contributed by atoms with Crippen LogP contribution in [0, 0.1) is 5.92 Å². The van der Waals surface area contributed by atoms with E-state index in [0.717, 1.165) is 12.8 Å². The summed E-state index contributed by atoms with van der Waals surface area (Å²) >= 11 is 0. The standard InChI is InChI=1S/C9H17NO2/c1-8(2)5-4-6-10-7-9(11)12-3/h6,8H,4-5,7H2,1-3H3. The third kappa shape index (κ3) is 7.25. The molecule has 3 nitrogen and oxygen atoms in total. The highest BCUT2D eigenvalue weighted by Crippen LogP contribution is 2.00. The van der Waals surface area contributed by atoms with Crippen LogP contribution >= 0.6 is 0 Å². The largest absolute Gasteiger partial charge is 0.468 e. The van der Waals surface area contributed by atoms with Gasteiger partial charge in [-0.1, -0.05) is 13.8 Å². The van der Waals surface area contributed by atoms with Crippen LogP contribution in [0.1, 0.15) is 26.7 Å². The monoisotopic (exact) mass is 171 g/mol. The van der Waals surface area contributed by atoms with E-state index in [4.69, 9.17) is 0 Å². The molecule has 0 saturated carbocycles. The second-order valence-corrected chi connectivity index (χ2v) is 3.07. The van der Waals surface area contributed by atoms with Crippen LogP contribution in [0.3, 0.4) is 0 Å². The van der Waals surface area contributed by atoms with Crippen molar-refractivity contribution >= 4 is 12.2 Å². The molecule has 0 aliphatic carbocycles. The number of aliphatic imine (C=N–C) groups is 1. The first-order chi connectivity index (χ1) is 5.66. The molecule has 12 heavy (non-hydrogen) atoms. The van der Waals surface area contributed by atoms with Gasteiger partial charge in [-0.05, 0) is 25.0 Å². The first kappa shape index (κ1) is 11.1. The number of carbonyl (C=O) groups excluding carboxylic acids is 1. The molecule has 3 heteroatoms. The third-order valence-corrected chi connectivity index (χ3v) is 1.45. The molecule has 0 aromatic rings. The van der Waals surface area contributed by atoms with Gasteiger partial charge in [0, 0.05) is 0 Å². The lowest BCUT2D eigenvalue weighted by atomic mass is 10.1. The van der Waals surface area contributed by atoms with Crippen molar-refractivity contribution in [3.63, 3.8) is 0 Å². The van der Waals surface area contributed by atoms with Gasteiger partial charge in [-0.15, -0.1) is 0 Å². The number of methoxy groups -OCH3 is 1. The lowest BCUT2D eigenvalue weighted by Gasteiger charge is -1.98. The number of nitrogens with zero attached hydrogens (tertiary/aromatic N) is 1. The number of carbonyl (C=O) groups is 1. The maximum Gasteiger partial charge on any atom is 0.327 e. The minimum absolute atomic E-state index is 0.147. The molecule has 0 atom stereocenters. The molecule has 0 amide bonds. The van der Waals surface area contributed by atoms with Crippen LogP contribution in [-0.2, 0) is 9.53 Å². The molecule has 0 aliphatic heterocycles. The predicted molar refractivity (Wildman–Crippen MR) is 49.4 cm³/mol. The highest BCUT2D eigenvalue weighted by Gasteiger charge is 1.94. The SMILES string of the molecule is COC(=O)CN=CCCC(C)C. The van der Waals surface area contributed by atoms with Crippen molar-refractivity contribution < 1.29 is 9.53 Å². The van der Waals surface area contributed by atoms with E-state index in [2.05, 4.69) is 23.6 Å². The van der Waals surface area contributed by atoms with Crippen molar-refractivity contribution in [2.45, 2.75) is 26.7 Å². The Morgan fingerprint density at radius 1 is 1.58 bits per heavy atom. The summed E-state index contributed by atoms with van der Waals surface area (Å²) in [6, 6.07) is 0. The minimum atomic E-state index is -0.282. The summed E-state index contributed by atoms with van der Waals surface area (Å²) in [5, 5.41) is 0. The fraction of sp³-hybridized carbons (Fsp3) is 0.778. The Morgan fingerprint density at radius 2 is 2.25 bits per heavy atom. The van der Waals surface area contributed by atoms with Gasteiger partial charge in [-0.2, -0.15) is 0 Å². The fourth-order valence-electron chi connectivity index (χ4n) is 0.703. The fourth-order valence-corrected chi connectivity index (χ4v) is 0.703. The summed E-state index contributed by atoms with van der Waals surface area (Å²) in [7, 11) is 1.37. The smallest absolute Gasteiger partial charge is 0.327 e. The van der Waals surface area contributed by atoms with Crippen molar-refractivity contribution in [1.82, 2.24) is 0 Å². The molecule has 70 valence electrons. The molecule has 0 spiro atoms. The number of hydrogen-bond donors (Lipinski definition) is 0. The van der Waals surface area contributed by atoms with Gasteiger partial charge in [0.25, 0.3) is 0 Å². The zero-order valence-electron chi connectivity index (χ0n) is 8.04. The van der Waals surface area contributed by atoms with E-state index in [1.54, 1.807) is 6.21 Å². The molecule has 0 heterocycles. The summed E-state index contributed by atoms with van der Waals surface area (Å²) in [5.74, 6) is 0.408. The Kier molecular flexibility index (Phi) is 6.34. The quantitative estimate of drug-likeness (QED) is 0.466. The Morgan fingerprint density at radius 3 is 2.75 bits per heavy atom. The van der Waals surface area contributed by atoms with Crippen molar-refractivity contribution in [1.29, 1.82) is 0 Å². The molecule has 0 aliphatic rings. The molecule has 0 N–H and O–H groups in total. The zero-order valence-corrected chi connectivity index (χ0v) is 8.04. The summed E-state index contributed by atoms with van der Waals surface area (Å²) in [5.41, 5.74) is 0. The van der Waals surface area contributed by atoms with E-state index in [1.807, 2.05) is 0 Å². The maximum absolute atomic E-state index is 10.6. The second kappa shape index (κ2) is 6.83. The number of rotatable bonds is 5. The van der Waals surface area contributed by atoms with E-state index in [9.17, 15) is 4.79 Å². The molecule has 0 bridgehead atoms. The van der Waals surface area contributed by atoms with Crippen LogP contribution in [0.2, 0.25) is 0 Å². The first-order valence-electron chi connectivity index (χ1n) is 4.22. The molecular weight excluding hydrogens is 154 g/mol. The van der Waals surface area contributed by atoms with Crippen LogP contribution < -0.4 is 0 Å². The molecule has 0 rings (SSSR count). The normalized spacial score (nSPS) is 11.0. The first-order valence-corrected chi connectivity index (χ1v) is 4.22. The number of ether oxygens (including phenoxy) is 1. The summed E-state index contributed by atoms with van der Waals surface area (Å²) in [6.07, 6.45) is 3.84. The lowest BCUT2D eigenvalue weighted by Crippen LogP contribution is -2.04. The Bertz CT molecular complexity index is 153. The van der Waals surface area contributed by atoms with Crippen molar-refractivity contribution in [2.24, 2.45) is 10.9 Å². The lowest BCUT2D eigenvalue weighted by molar-refractivity contribution is -0.138. The Balaban J connectivity index is 3.31. The Labute approximate surface area is 73.8 Å². The van der Waals surface area contributed by atoms with Gasteiger partial charge in [0.15, 0.2) is 0 Å². The molecule has 0 fully saturated rings. The van der Waals surface area contributed by atoms with E-state index in [0.29, 0.717) is 5.92 Å². The van der Waals surface area contributed by atoms with E-state index >= 15 is 0 Å². The Hall–Kier alpha value is -0.860. The van der Waals surface area contributed by atoms with Crippen LogP contribution in [0.25, 0.3) is 0 Å². The van der Waals surface area contributed by atoms with Gasteiger partial charge in [0.1, 0.15) is 6.54 Å². The predicted octanol–water partition coefficient (Wildman–Crippen LogP) is 1.67. The van der Waals surface area contributed by atoms with E-state index in [-0.39, 0.29) is 12.5 Å². The highest BCUT2D eigenvalue weighted by molar-refractivity contribution is 5.73. The van der Waals surface area contributed by atoms with Crippen molar-refractivity contribution in [2.75, 3.05) is 13.7 Å². The van der Waals surface area contributed by atoms with Crippen LogP contribution in [0.15, 0.2) is 4.99 Å².